The second-order valence-electron chi connectivity index (χ2n) is 5.94. The van der Waals surface area contributed by atoms with Crippen molar-refractivity contribution in [3.63, 3.8) is 0 Å². The molecule has 4 rings (SSSR count). The molecule has 22 heavy (non-hydrogen) atoms. The minimum Gasteiger partial charge on any atom is -0.454 e. The fourth-order valence-electron chi connectivity index (χ4n) is 3.34. The molecule has 3 nitrogen and oxygen atoms in total. The van der Waals surface area contributed by atoms with Gasteiger partial charge in [0.25, 0.3) is 0 Å². The fourth-order valence-corrected chi connectivity index (χ4v) is 3.63. The first kappa shape index (κ1) is 13.9. The van der Waals surface area contributed by atoms with Gasteiger partial charge in [0.15, 0.2) is 11.5 Å². The quantitative estimate of drug-likeness (QED) is 0.852. The standard InChI is InChI=1S/C18H18ClNO2/c19-16-8-13(9-17-18(16)22-12-21-17)10-20-7-6-15(11-20)14-4-2-1-3-5-14/h1-5,8-9,15H,6-7,10-12H2/t15-/m1/s1. The van der Waals surface area contributed by atoms with Crippen molar-refractivity contribution in [1.29, 1.82) is 0 Å². The van der Waals surface area contributed by atoms with Crippen molar-refractivity contribution in [2.45, 2.75) is 18.9 Å². The predicted octanol–water partition coefficient (Wildman–Crippen LogP) is 4.06. The highest BCUT2D eigenvalue weighted by Crippen LogP contribution is 2.40. The van der Waals surface area contributed by atoms with Crippen LogP contribution in [-0.4, -0.2) is 24.8 Å². The molecule has 2 aliphatic heterocycles. The van der Waals surface area contributed by atoms with Crippen molar-refractivity contribution in [3.8, 4) is 11.5 Å². The molecule has 0 unspecified atom stereocenters. The lowest BCUT2D eigenvalue weighted by Crippen LogP contribution is -2.19. The molecule has 0 saturated carbocycles. The molecule has 2 aromatic rings. The van der Waals surface area contributed by atoms with Crippen LogP contribution in [0.25, 0.3) is 0 Å². The van der Waals surface area contributed by atoms with E-state index in [9.17, 15) is 0 Å². The van der Waals surface area contributed by atoms with Gasteiger partial charge in [-0.15, -0.1) is 0 Å². The topological polar surface area (TPSA) is 21.7 Å². The lowest BCUT2D eigenvalue weighted by Gasteiger charge is -2.17. The lowest BCUT2D eigenvalue weighted by molar-refractivity contribution is 0.174. The van der Waals surface area contributed by atoms with Gasteiger partial charge in [0, 0.05) is 13.1 Å². The van der Waals surface area contributed by atoms with Crippen LogP contribution in [0.15, 0.2) is 42.5 Å². The van der Waals surface area contributed by atoms with Gasteiger partial charge in [-0.25, -0.2) is 0 Å². The fraction of sp³-hybridized carbons (Fsp3) is 0.333. The monoisotopic (exact) mass is 315 g/mol. The van der Waals surface area contributed by atoms with E-state index in [-0.39, 0.29) is 6.79 Å². The summed E-state index contributed by atoms with van der Waals surface area (Å²) in [5.41, 5.74) is 2.62. The number of rotatable bonds is 3. The molecule has 2 heterocycles. The van der Waals surface area contributed by atoms with Crippen LogP contribution in [0.1, 0.15) is 23.5 Å². The number of fused-ring (bicyclic) bond motifs is 1. The number of benzene rings is 2. The molecule has 2 aromatic carbocycles. The van der Waals surface area contributed by atoms with Gasteiger partial charge in [-0.1, -0.05) is 41.9 Å². The summed E-state index contributed by atoms with van der Waals surface area (Å²) in [7, 11) is 0. The van der Waals surface area contributed by atoms with Crippen LogP contribution >= 0.6 is 11.6 Å². The molecule has 0 aromatic heterocycles. The van der Waals surface area contributed by atoms with Crippen LogP contribution in [0.3, 0.4) is 0 Å². The molecule has 4 heteroatoms. The van der Waals surface area contributed by atoms with Crippen molar-refractivity contribution in [3.05, 3.63) is 58.6 Å². The molecule has 0 amide bonds. The molecule has 0 spiro atoms. The Bertz CT molecular complexity index is 674. The molecule has 0 N–H and O–H groups in total. The second-order valence-corrected chi connectivity index (χ2v) is 6.35. The maximum atomic E-state index is 6.26. The highest BCUT2D eigenvalue weighted by molar-refractivity contribution is 6.32. The molecule has 1 fully saturated rings. The Labute approximate surface area is 135 Å². The van der Waals surface area contributed by atoms with Crippen molar-refractivity contribution in [2.75, 3.05) is 19.9 Å². The van der Waals surface area contributed by atoms with E-state index in [4.69, 9.17) is 21.1 Å². The number of hydrogen-bond acceptors (Lipinski definition) is 3. The van der Waals surface area contributed by atoms with E-state index in [1.165, 1.54) is 17.5 Å². The van der Waals surface area contributed by atoms with Gasteiger partial charge in [-0.05, 0) is 42.1 Å². The Balaban J connectivity index is 1.46. The Kier molecular flexibility index (Phi) is 3.68. The summed E-state index contributed by atoms with van der Waals surface area (Å²) < 4.78 is 10.8. The Hall–Kier alpha value is -1.71. The van der Waals surface area contributed by atoms with Gasteiger partial charge in [0.05, 0.1) is 5.02 Å². The lowest BCUT2D eigenvalue weighted by atomic mass is 9.99. The normalized spacial score (nSPS) is 20.5. The first-order valence-electron chi connectivity index (χ1n) is 7.65. The van der Waals surface area contributed by atoms with E-state index in [0.717, 1.165) is 25.4 Å². The number of halogens is 1. The number of hydrogen-bond donors (Lipinski definition) is 0. The van der Waals surface area contributed by atoms with Gasteiger partial charge in [0.1, 0.15) is 0 Å². The van der Waals surface area contributed by atoms with Gasteiger partial charge >= 0.3 is 0 Å². The van der Waals surface area contributed by atoms with E-state index in [0.29, 0.717) is 16.7 Å². The van der Waals surface area contributed by atoms with E-state index < -0.39 is 0 Å². The zero-order chi connectivity index (χ0) is 14.9. The first-order valence-corrected chi connectivity index (χ1v) is 8.03. The van der Waals surface area contributed by atoms with Crippen LogP contribution in [-0.2, 0) is 6.54 Å². The maximum absolute atomic E-state index is 6.26. The van der Waals surface area contributed by atoms with E-state index in [2.05, 4.69) is 35.2 Å². The summed E-state index contributed by atoms with van der Waals surface area (Å²) in [5, 5.41) is 0.642. The van der Waals surface area contributed by atoms with Crippen LogP contribution in [0.4, 0.5) is 0 Å². The zero-order valence-electron chi connectivity index (χ0n) is 12.3. The smallest absolute Gasteiger partial charge is 0.231 e. The number of ether oxygens (including phenoxy) is 2. The molecule has 0 radical (unpaired) electrons. The summed E-state index contributed by atoms with van der Waals surface area (Å²) in [4.78, 5) is 2.48. The Morgan fingerprint density at radius 3 is 2.86 bits per heavy atom. The van der Waals surface area contributed by atoms with Gasteiger partial charge < -0.3 is 9.47 Å². The zero-order valence-corrected chi connectivity index (χ0v) is 13.1. The van der Waals surface area contributed by atoms with Crippen LogP contribution in [0, 0.1) is 0 Å². The van der Waals surface area contributed by atoms with Crippen LogP contribution in [0.5, 0.6) is 11.5 Å². The molecule has 1 saturated heterocycles. The number of likely N-dealkylation sites (tertiary alicyclic amines) is 1. The highest BCUT2D eigenvalue weighted by Gasteiger charge is 2.25. The summed E-state index contributed by atoms with van der Waals surface area (Å²) in [5.74, 6) is 2.07. The van der Waals surface area contributed by atoms with E-state index in [1.54, 1.807) is 0 Å². The molecule has 114 valence electrons. The van der Waals surface area contributed by atoms with E-state index >= 15 is 0 Å². The summed E-state index contributed by atoms with van der Waals surface area (Å²) in [6, 6.07) is 14.8. The SMILES string of the molecule is Clc1cc(CN2CC[C@@H](c3ccccc3)C2)cc2c1OCO2. The summed E-state index contributed by atoms with van der Waals surface area (Å²) in [6.07, 6.45) is 1.21. The van der Waals surface area contributed by atoms with Gasteiger partial charge in [-0.2, -0.15) is 0 Å². The third kappa shape index (κ3) is 2.67. The molecule has 2 aliphatic rings. The third-order valence-electron chi connectivity index (χ3n) is 4.44. The molecule has 1 atom stereocenters. The van der Waals surface area contributed by atoms with Gasteiger partial charge in [-0.3, -0.25) is 4.90 Å². The van der Waals surface area contributed by atoms with Crippen molar-refractivity contribution >= 4 is 11.6 Å². The van der Waals surface area contributed by atoms with Crippen molar-refractivity contribution < 1.29 is 9.47 Å². The molecular formula is C18H18ClNO2. The van der Waals surface area contributed by atoms with E-state index in [1.807, 2.05) is 12.1 Å². The average Bonchev–Trinajstić information content (AvgIpc) is 3.17. The van der Waals surface area contributed by atoms with Crippen molar-refractivity contribution in [1.82, 2.24) is 4.90 Å². The first-order chi connectivity index (χ1) is 10.8. The minimum atomic E-state index is 0.262. The Morgan fingerprint density at radius 2 is 2.00 bits per heavy atom. The molecule has 0 aliphatic carbocycles. The molecule has 0 bridgehead atoms. The van der Waals surface area contributed by atoms with Crippen LogP contribution < -0.4 is 9.47 Å². The Morgan fingerprint density at radius 1 is 1.14 bits per heavy atom. The third-order valence-corrected chi connectivity index (χ3v) is 4.72. The van der Waals surface area contributed by atoms with Crippen molar-refractivity contribution in [2.24, 2.45) is 0 Å². The largest absolute Gasteiger partial charge is 0.454 e. The summed E-state index contributed by atoms with van der Waals surface area (Å²) >= 11 is 6.26. The second kappa shape index (κ2) is 5.82. The van der Waals surface area contributed by atoms with Gasteiger partial charge in [0.2, 0.25) is 6.79 Å². The van der Waals surface area contributed by atoms with Crippen LogP contribution in [0.2, 0.25) is 5.02 Å². The predicted molar refractivity (Wildman–Crippen MR) is 86.7 cm³/mol. The summed E-state index contributed by atoms with van der Waals surface area (Å²) in [6.45, 7) is 3.37. The molecular weight excluding hydrogens is 298 g/mol. The maximum Gasteiger partial charge on any atom is 0.231 e. The highest BCUT2D eigenvalue weighted by atomic mass is 35.5. The minimum absolute atomic E-state index is 0.262. The average molecular weight is 316 g/mol. The number of nitrogens with zero attached hydrogens (tertiary/aromatic N) is 1.